The molecule has 3 aromatic rings. The van der Waals surface area contributed by atoms with Crippen LogP contribution in [0.2, 0.25) is 0 Å². The van der Waals surface area contributed by atoms with Crippen molar-refractivity contribution in [2.45, 2.75) is 31.8 Å². The molecule has 4 rings (SSSR count). The topological polar surface area (TPSA) is 52.1 Å². The van der Waals surface area contributed by atoms with E-state index in [1.54, 1.807) is 0 Å². The number of piperidine rings is 1. The zero-order chi connectivity index (χ0) is 17.3. The van der Waals surface area contributed by atoms with Crippen LogP contribution in [-0.2, 0) is 12.0 Å². The highest BCUT2D eigenvalue weighted by atomic mass is 16.3. The minimum Gasteiger partial charge on any atom is -0.385 e. The third-order valence-electron chi connectivity index (χ3n) is 5.35. The molecule has 2 heterocycles. The van der Waals surface area contributed by atoms with Crippen LogP contribution in [0.25, 0.3) is 11.0 Å². The Morgan fingerprint density at radius 3 is 2.64 bits per heavy atom. The number of aryl methyl sites for hydroxylation is 1. The molecular formula is C21H25N3O. The first-order valence-electron chi connectivity index (χ1n) is 9.08. The van der Waals surface area contributed by atoms with Crippen molar-refractivity contribution >= 4 is 11.0 Å². The van der Waals surface area contributed by atoms with Crippen LogP contribution in [0.4, 0.5) is 0 Å². The van der Waals surface area contributed by atoms with Gasteiger partial charge in [-0.05, 0) is 43.0 Å². The average molecular weight is 335 g/mol. The van der Waals surface area contributed by atoms with Crippen molar-refractivity contribution < 1.29 is 5.11 Å². The Bertz CT molecular complexity index is 848. The molecule has 0 bridgehead atoms. The summed E-state index contributed by atoms with van der Waals surface area (Å²) >= 11 is 0. The summed E-state index contributed by atoms with van der Waals surface area (Å²) in [7, 11) is 0. The largest absolute Gasteiger partial charge is 0.385 e. The van der Waals surface area contributed by atoms with Crippen molar-refractivity contribution in [1.82, 2.24) is 14.9 Å². The van der Waals surface area contributed by atoms with E-state index in [2.05, 4.69) is 40.0 Å². The van der Waals surface area contributed by atoms with Crippen LogP contribution >= 0.6 is 0 Å². The normalized spacial score (nSPS) is 17.8. The van der Waals surface area contributed by atoms with Gasteiger partial charge in [-0.25, -0.2) is 4.98 Å². The van der Waals surface area contributed by atoms with Gasteiger partial charge in [0.15, 0.2) is 0 Å². The number of aromatic nitrogens is 2. The van der Waals surface area contributed by atoms with Crippen LogP contribution in [-0.4, -0.2) is 39.6 Å². The summed E-state index contributed by atoms with van der Waals surface area (Å²) in [5.74, 6) is 1.05. The smallest absolute Gasteiger partial charge is 0.108 e. The number of benzene rings is 2. The van der Waals surface area contributed by atoms with Gasteiger partial charge in [0.2, 0.25) is 0 Å². The summed E-state index contributed by atoms with van der Waals surface area (Å²) in [6.07, 6.45) is 2.49. The maximum Gasteiger partial charge on any atom is 0.108 e. The molecule has 0 aliphatic carbocycles. The van der Waals surface area contributed by atoms with Crippen molar-refractivity contribution in [2.75, 3.05) is 19.6 Å². The van der Waals surface area contributed by atoms with Gasteiger partial charge in [-0.3, -0.25) is 0 Å². The molecule has 4 nitrogen and oxygen atoms in total. The molecule has 1 saturated heterocycles. The number of H-pyrrole nitrogens is 1. The first-order chi connectivity index (χ1) is 12.1. The van der Waals surface area contributed by atoms with E-state index in [0.717, 1.165) is 61.3 Å². The summed E-state index contributed by atoms with van der Waals surface area (Å²) in [5, 5.41) is 10.9. The number of hydrogen-bond donors (Lipinski definition) is 2. The van der Waals surface area contributed by atoms with E-state index >= 15 is 0 Å². The molecule has 1 aromatic heterocycles. The molecule has 1 fully saturated rings. The highest BCUT2D eigenvalue weighted by molar-refractivity contribution is 5.75. The SMILES string of the molecule is Cc1ccc2nc(CCN3CCC(O)(c4ccccc4)CC3)[nH]c2c1. The number of hydrogen-bond acceptors (Lipinski definition) is 3. The van der Waals surface area contributed by atoms with Gasteiger partial charge >= 0.3 is 0 Å². The van der Waals surface area contributed by atoms with Gasteiger partial charge in [-0.1, -0.05) is 36.4 Å². The summed E-state index contributed by atoms with van der Waals surface area (Å²) < 4.78 is 0. The second-order valence-corrected chi connectivity index (χ2v) is 7.19. The number of fused-ring (bicyclic) bond motifs is 1. The number of aromatic amines is 1. The zero-order valence-corrected chi connectivity index (χ0v) is 14.7. The molecule has 0 saturated carbocycles. The van der Waals surface area contributed by atoms with E-state index in [-0.39, 0.29) is 0 Å². The standard InChI is InChI=1S/C21H25N3O/c1-16-7-8-18-19(15-16)23-20(22-18)9-12-24-13-10-21(25,11-14-24)17-5-3-2-4-6-17/h2-8,15,25H,9-14H2,1H3,(H,22,23). The van der Waals surface area contributed by atoms with E-state index in [9.17, 15) is 5.11 Å². The van der Waals surface area contributed by atoms with Gasteiger partial charge in [0.25, 0.3) is 0 Å². The molecule has 4 heteroatoms. The first kappa shape index (κ1) is 16.3. The highest BCUT2D eigenvalue weighted by Crippen LogP contribution is 2.32. The zero-order valence-electron chi connectivity index (χ0n) is 14.7. The molecule has 1 aliphatic heterocycles. The molecule has 130 valence electrons. The Hall–Kier alpha value is -2.17. The van der Waals surface area contributed by atoms with E-state index < -0.39 is 5.60 Å². The molecule has 0 unspecified atom stereocenters. The van der Waals surface area contributed by atoms with Gasteiger partial charge in [-0.2, -0.15) is 0 Å². The van der Waals surface area contributed by atoms with Crippen LogP contribution in [0.5, 0.6) is 0 Å². The number of aliphatic hydroxyl groups is 1. The fourth-order valence-corrected chi connectivity index (χ4v) is 3.74. The number of imidazole rings is 1. The molecule has 2 aromatic carbocycles. The summed E-state index contributed by atoms with van der Waals surface area (Å²) in [5.41, 5.74) is 3.78. The first-order valence-corrected chi connectivity index (χ1v) is 9.08. The molecule has 0 amide bonds. The van der Waals surface area contributed by atoms with Crippen LogP contribution in [0.15, 0.2) is 48.5 Å². The third-order valence-corrected chi connectivity index (χ3v) is 5.35. The predicted molar refractivity (Wildman–Crippen MR) is 101 cm³/mol. The van der Waals surface area contributed by atoms with Crippen molar-refractivity contribution in [1.29, 1.82) is 0 Å². The van der Waals surface area contributed by atoms with Crippen LogP contribution in [0.3, 0.4) is 0 Å². The Kier molecular flexibility index (Phi) is 4.32. The van der Waals surface area contributed by atoms with E-state index in [1.165, 1.54) is 5.56 Å². The van der Waals surface area contributed by atoms with Crippen LogP contribution in [0.1, 0.15) is 29.8 Å². The minimum atomic E-state index is -0.672. The van der Waals surface area contributed by atoms with Gasteiger partial charge in [-0.15, -0.1) is 0 Å². The predicted octanol–water partition coefficient (Wildman–Crippen LogP) is 3.40. The van der Waals surface area contributed by atoms with Gasteiger partial charge in [0.1, 0.15) is 5.82 Å². The summed E-state index contributed by atoms with van der Waals surface area (Å²) in [4.78, 5) is 10.5. The van der Waals surface area contributed by atoms with Crippen molar-refractivity contribution in [3.05, 3.63) is 65.5 Å². The molecular weight excluding hydrogens is 310 g/mol. The summed E-state index contributed by atoms with van der Waals surface area (Å²) in [6, 6.07) is 16.4. The number of rotatable bonds is 4. The monoisotopic (exact) mass is 335 g/mol. The third kappa shape index (κ3) is 3.46. The fourth-order valence-electron chi connectivity index (χ4n) is 3.74. The van der Waals surface area contributed by atoms with Crippen molar-refractivity contribution in [3.8, 4) is 0 Å². The Labute approximate surface area is 148 Å². The second-order valence-electron chi connectivity index (χ2n) is 7.19. The van der Waals surface area contributed by atoms with Crippen LogP contribution in [0, 0.1) is 6.92 Å². The lowest BCUT2D eigenvalue weighted by molar-refractivity contribution is -0.0256. The molecule has 0 atom stereocenters. The second kappa shape index (κ2) is 6.62. The molecule has 2 N–H and O–H groups in total. The molecule has 1 aliphatic rings. The Morgan fingerprint density at radius 2 is 1.88 bits per heavy atom. The van der Waals surface area contributed by atoms with Crippen molar-refractivity contribution in [3.63, 3.8) is 0 Å². The minimum absolute atomic E-state index is 0.672. The maximum absolute atomic E-state index is 10.9. The van der Waals surface area contributed by atoms with E-state index in [0.29, 0.717) is 0 Å². The quantitative estimate of drug-likeness (QED) is 0.768. The number of nitrogens with zero attached hydrogens (tertiary/aromatic N) is 2. The molecule has 0 radical (unpaired) electrons. The molecule has 0 spiro atoms. The Morgan fingerprint density at radius 1 is 1.12 bits per heavy atom. The van der Waals surface area contributed by atoms with E-state index in [1.807, 2.05) is 30.3 Å². The van der Waals surface area contributed by atoms with Gasteiger partial charge in [0, 0.05) is 26.1 Å². The van der Waals surface area contributed by atoms with Crippen LogP contribution < -0.4 is 0 Å². The lowest BCUT2D eigenvalue weighted by atomic mass is 9.84. The van der Waals surface area contributed by atoms with Gasteiger partial charge in [0.05, 0.1) is 16.6 Å². The molecule has 25 heavy (non-hydrogen) atoms. The maximum atomic E-state index is 10.9. The lowest BCUT2D eigenvalue weighted by Gasteiger charge is -2.38. The van der Waals surface area contributed by atoms with Gasteiger partial charge < -0.3 is 15.0 Å². The number of nitrogens with one attached hydrogen (secondary N) is 1. The van der Waals surface area contributed by atoms with E-state index in [4.69, 9.17) is 0 Å². The summed E-state index contributed by atoms with van der Waals surface area (Å²) in [6.45, 7) is 4.92. The number of likely N-dealkylation sites (tertiary alicyclic amines) is 1. The van der Waals surface area contributed by atoms with Crippen molar-refractivity contribution in [2.24, 2.45) is 0 Å². The highest BCUT2D eigenvalue weighted by Gasteiger charge is 2.33. The Balaban J connectivity index is 1.35. The fraction of sp³-hybridized carbons (Fsp3) is 0.381. The lowest BCUT2D eigenvalue weighted by Crippen LogP contribution is -2.43. The average Bonchev–Trinajstić information content (AvgIpc) is 3.04.